The Hall–Kier alpha value is -1.71. The number of hydrogen-bond donors (Lipinski definition) is 3. The lowest BCUT2D eigenvalue weighted by atomic mass is 9.96. The number of aromatic hydroxyl groups is 1. The number of nitrogens with one attached hydrogen (secondary N) is 2. The first kappa shape index (κ1) is 15.2. The SMILES string of the molecule is Oc1ccc(NC(=NC2CCCC2)NC2CCCCC2)cc1. The lowest BCUT2D eigenvalue weighted by Crippen LogP contribution is -2.41. The van der Waals surface area contributed by atoms with Gasteiger partial charge in [0.25, 0.3) is 0 Å². The van der Waals surface area contributed by atoms with E-state index in [1.165, 1.54) is 57.8 Å². The van der Waals surface area contributed by atoms with Gasteiger partial charge in [-0.15, -0.1) is 0 Å². The van der Waals surface area contributed by atoms with Gasteiger partial charge in [-0.25, -0.2) is 4.99 Å². The highest BCUT2D eigenvalue weighted by Gasteiger charge is 2.18. The zero-order valence-corrected chi connectivity index (χ0v) is 13.2. The Labute approximate surface area is 133 Å². The van der Waals surface area contributed by atoms with Gasteiger partial charge in [-0.2, -0.15) is 0 Å². The molecule has 1 aromatic carbocycles. The Morgan fingerprint density at radius 2 is 1.55 bits per heavy atom. The third-order valence-electron chi connectivity index (χ3n) is 4.71. The molecule has 2 fully saturated rings. The van der Waals surface area contributed by atoms with Crippen LogP contribution in [0.4, 0.5) is 5.69 Å². The Morgan fingerprint density at radius 1 is 0.909 bits per heavy atom. The molecule has 2 aliphatic rings. The van der Waals surface area contributed by atoms with E-state index in [2.05, 4.69) is 10.6 Å². The van der Waals surface area contributed by atoms with Crippen molar-refractivity contribution < 1.29 is 5.11 Å². The van der Waals surface area contributed by atoms with E-state index >= 15 is 0 Å². The van der Waals surface area contributed by atoms with Crippen molar-refractivity contribution in [2.75, 3.05) is 5.32 Å². The van der Waals surface area contributed by atoms with Crippen LogP contribution in [0.5, 0.6) is 5.75 Å². The normalized spacial score (nSPS) is 21.0. The molecular formula is C18H27N3O. The molecule has 0 heterocycles. The van der Waals surface area contributed by atoms with Crippen LogP contribution in [-0.2, 0) is 0 Å². The van der Waals surface area contributed by atoms with Crippen molar-refractivity contribution in [2.45, 2.75) is 69.9 Å². The highest BCUT2D eigenvalue weighted by Crippen LogP contribution is 2.22. The fourth-order valence-electron chi connectivity index (χ4n) is 3.44. The van der Waals surface area contributed by atoms with E-state index in [9.17, 15) is 5.11 Å². The molecule has 0 aromatic heterocycles. The number of nitrogens with zero attached hydrogens (tertiary/aromatic N) is 1. The Bertz CT molecular complexity index is 486. The summed E-state index contributed by atoms with van der Waals surface area (Å²) in [5, 5.41) is 16.4. The molecular weight excluding hydrogens is 274 g/mol. The number of rotatable bonds is 3. The van der Waals surface area contributed by atoms with Gasteiger partial charge >= 0.3 is 0 Å². The number of anilines is 1. The van der Waals surface area contributed by atoms with E-state index in [4.69, 9.17) is 4.99 Å². The smallest absolute Gasteiger partial charge is 0.196 e. The highest BCUT2D eigenvalue weighted by molar-refractivity contribution is 5.94. The first-order valence-corrected chi connectivity index (χ1v) is 8.70. The van der Waals surface area contributed by atoms with Gasteiger partial charge in [-0.1, -0.05) is 32.1 Å². The molecule has 1 aromatic rings. The summed E-state index contributed by atoms with van der Waals surface area (Å²) < 4.78 is 0. The summed E-state index contributed by atoms with van der Waals surface area (Å²) in [6.45, 7) is 0. The van der Waals surface area contributed by atoms with Crippen LogP contribution >= 0.6 is 0 Å². The third kappa shape index (κ3) is 4.39. The molecule has 120 valence electrons. The molecule has 0 bridgehead atoms. The van der Waals surface area contributed by atoms with Crippen molar-refractivity contribution in [1.82, 2.24) is 5.32 Å². The number of aliphatic imine (C=N–C) groups is 1. The molecule has 2 aliphatic carbocycles. The summed E-state index contributed by atoms with van der Waals surface area (Å²) in [6, 6.07) is 8.19. The van der Waals surface area contributed by atoms with Gasteiger partial charge in [-0.3, -0.25) is 0 Å². The van der Waals surface area contributed by atoms with Gasteiger partial charge in [0.1, 0.15) is 5.75 Å². The number of benzene rings is 1. The number of guanidine groups is 1. The van der Waals surface area contributed by atoms with E-state index in [0.29, 0.717) is 17.8 Å². The van der Waals surface area contributed by atoms with Crippen molar-refractivity contribution in [2.24, 2.45) is 4.99 Å². The average Bonchev–Trinajstić information content (AvgIpc) is 3.03. The van der Waals surface area contributed by atoms with Gasteiger partial charge in [0.2, 0.25) is 0 Å². The molecule has 0 radical (unpaired) electrons. The van der Waals surface area contributed by atoms with Crippen LogP contribution in [0.2, 0.25) is 0 Å². The second-order valence-corrected chi connectivity index (χ2v) is 6.57. The van der Waals surface area contributed by atoms with Gasteiger partial charge in [0.15, 0.2) is 5.96 Å². The Morgan fingerprint density at radius 3 is 2.23 bits per heavy atom. The van der Waals surface area contributed by atoms with Crippen LogP contribution in [0.1, 0.15) is 57.8 Å². The quantitative estimate of drug-likeness (QED) is 0.449. The predicted molar refractivity (Wildman–Crippen MR) is 91.4 cm³/mol. The van der Waals surface area contributed by atoms with Crippen LogP contribution in [0, 0.1) is 0 Å². The first-order valence-electron chi connectivity index (χ1n) is 8.70. The van der Waals surface area contributed by atoms with Crippen molar-refractivity contribution in [3.8, 4) is 5.75 Å². The maximum Gasteiger partial charge on any atom is 0.196 e. The van der Waals surface area contributed by atoms with Crippen LogP contribution in [0.15, 0.2) is 29.3 Å². The molecule has 0 amide bonds. The van der Waals surface area contributed by atoms with Crippen LogP contribution in [-0.4, -0.2) is 23.1 Å². The number of hydrogen-bond acceptors (Lipinski definition) is 2. The van der Waals surface area contributed by atoms with E-state index in [1.807, 2.05) is 12.1 Å². The van der Waals surface area contributed by atoms with Crippen molar-refractivity contribution in [3.63, 3.8) is 0 Å². The summed E-state index contributed by atoms with van der Waals surface area (Å²) in [4.78, 5) is 4.92. The van der Waals surface area contributed by atoms with E-state index in [1.54, 1.807) is 12.1 Å². The predicted octanol–water partition coefficient (Wildman–Crippen LogP) is 4.03. The van der Waals surface area contributed by atoms with Gasteiger partial charge in [-0.05, 0) is 49.9 Å². The monoisotopic (exact) mass is 301 g/mol. The molecule has 4 heteroatoms. The Kier molecular flexibility index (Phi) is 5.20. The minimum atomic E-state index is 0.292. The number of phenols is 1. The summed E-state index contributed by atoms with van der Waals surface area (Å²) >= 11 is 0. The molecule has 3 N–H and O–H groups in total. The molecule has 22 heavy (non-hydrogen) atoms. The number of phenolic OH excluding ortho intramolecular Hbond substituents is 1. The molecule has 0 unspecified atom stereocenters. The second-order valence-electron chi connectivity index (χ2n) is 6.57. The van der Waals surface area contributed by atoms with Gasteiger partial charge in [0.05, 0.1) is 6.04 Å². The zero-order valence-electron chi connectivity index (χ0n) is 13.2. The molecule has 2 saturated carbocycles. The van der Waals surface area contributed by atoms with Crippen molar-refractivity contribution >= 4 is 11.6 Å². The summed E-state index contributed by atoms with van der Waals surface area (Å²) in [5.74, 6) is 1.20. The molecule has 0 aliphatic heterocycles. The average molecular weight is 301 g/mol. The maximum atomic E-state index is 9.41. The fourth-order valence-corrected chi connectivity index (χ4v) is 3.44. The second kappa shape index (κ2) is 7.52. The highest BCUT2D eigenvalue weighted by atomic mass is 16.3. The summed E-state index contributed by atoms with van der Waals surface area (Å²) in [7, 11) is 0. The fraction of sp³-hybridized carbons (Fsp3) is 0.611. The summed E-state index contributed by atoms with van der Waals surface area (Å²) in [5.41, 5.74) is 0.970. The molecule has 0 spiro atoms. The lowest BCUT2D eigenvalue weighted by molar-refractivity contribution is 0.412. The van der Waals surface area contributed by atoms with E-state index in [-0.39, 0.29) is 0 Å². The lowest BCUT2D eigenvalue weighted by Gasteiger charge is -2.25. The zero-order chi connectivity index (χ0) is 15.2. The Balaban J connectivity index is 1.68. The largest absolute Gasteiger partial charge is 0.508 e. The first-order chi connectivity index (χ1) is 10.8. The van der Waals surface area contributed by atoms with Crippen LogP contribution in [0.25, 0.3) is 0 Å². The van der Waals surface area contributed by atoms with E-state index in [0.717, 1.165) is 11.6 Å². The minimum absolute atomic E-state index is 0.292. The van der Waals surface area contributed by atoms with Crippen molar-refractivity contribution in [3.05, 3.63) is 24.3 Å². The van der Waals surface area contributed by atoms with E-state index < -0.39 is 0 Å². The minimum Gasteiger partial charge on any atom is -0.508 e. The van der Waals surface area contributed by atoms with Gasteiger partial charge < -0.3 is 15.7 Å². The molecule has 0 atom stereocenters. The third-order valence-corrected chi connectivity index (χ3v) is 4.71. The standard InChI is InChI=1S/C18H27N3O/c22-17-12-10-16(11-13-17)21-18(20-15-8-4-5-9-15)19-14-6-2-1-3-7-14/h10-15,22H,1-9H2,(H2,19,20,21). The molecule has 3 rings (SSSR count). The maximum absolute atomic E-state index is 9.41. The van der Waals surface area contributed by atoms with Crippen molar-refractivity contribution in [1.29, 1.82) is 0 Å². The topological polar surface area (TPSA) is 56.6 Å². The van der Waals surface area contributed by atoms with Gasteiger partial charge in [0, 0.05) is 11.7 Å². The molecule has 4 nitrogen and oxygen atoms in total. The molecule has 0 saturated heterocycles. The van der Waals surface area contributed by atoms with Crippen LogP contribution < -0.4 is 10.6 Å². The summed E-state index contributed by atoms with van der Waals surface area (Å²) in [6.07, 6.45) is 11.5. The van der Waals surface area contributed by atoms with Crippen LogP contribution in [0.3, 0.4) is 0 Å².